The molecule has 1 aliphatic rings. The van der Waals surface area contributed by atoms with Crippen molar-refractivity contribution < 1.29 is 9.53 Å². The predicted molar refractivity (Wildman–Crippen MR) is 112 cm³/mol. The van der Waals surface area contributed by atoms with E-state index in [4.69, 9.17) is 27.9 Å². The second-order valence-corrected chi connectivity index (χ2v) is 7.88. The minimum atomic E-state index is -0.689. The molecule has 1 aliphatic carbocycles. The summed E-state index contributed by atoms with van der Waals surface area (Å²) in [7, 11) is 0. The fourth-order valence-electron chi connectivity index (χ4n) is 3.76. The molecule has 146 valence electrons. The molecule has 1 amide bonds. The maximum absolute atomic E-state index is 13.3. The lowest BCUT2D eigenvalue weighted by Gasteiger charge is -2.29. The van der Waals surface area contributed by atoms with Gasteiger partial charge in [-0.1, -0.05) is 49.0 Å². The van der Waals surface area contributed by atoms with Crippen LogP contribution in [0.5, 0.6) is 5.75 Å². The quantitative estimate of drug-likeness (QED) is 0.617. The first-order valence-electron chi connectivity index (χ1n) is 9.44. The van der Waals surface area contributed by atoms with E-state index >= 15 is 0 Å². The highest BCUT2D eigenvalue weighted by Crippen LogP contribution is 2.45. The topological polar surface area (TPSA) is 62.1 Å². The molecule has 6 heteroatoms. The molecule has 1 saturated carbocycles. The van der Waals surface area contributed by atoms with Crippen molar-refractivity contribution in [2.45, 2.75) is 44.4 Å². The number of carbonyl (C=O) groups is 1. The van der Waals surface area contributed by atoms with E-state index in [2.05, 4.69) is 11.4 Å². The van der Waals surface area contributed by atoms with Gasteiger partial charge in [-0.2, -0.15) is 5.26 Å². The van der Waals surface area contributed by atoms with Gasteiger partial charge in [0, 0.05) is 15.7 Å². The van der Waals surface area contributed by atoms with E-state index < -0.39 is 5.41 Å². The fraction of sp³-hybridized carbons (Fsp3) is 0.364. The van der Waals surface area contributed by atoms with Crippen molar-refractivity contribution in [3.05, 3.63) is 57.6 Å². The zero-order chi connectivity index (χ0) is 20.1. The molecule has 0 atom stereocenters. The minimum absolute atomic E-state index is 0.111. The summed E-state index contributed by atoms with van der Waals surface area (Å²) in [5, 5.41) is 13.4. The molecular formula is C22H22Cl2N2O2. The number of carbonyl (C=O) groups excluding carboxylic acids is 1. The molecule has 0 aromatic heterocycles. The first-order valence-corrected chi connectivity index (χ1v) is 10.2. The van der Waals surface area contributed by atoms with Crippen molar-refractivity contribution in [3.63, 3.8) is 0 Å². The van der Waals surface area contributed by atoms with Gasteiger partial charge in [0.25, 0.3) is 0 Å². The maximum atomic E-state index is 13.3. The van der Waals surface area contributed by atoms with Gasteiger partial charge in [0.05, 0.1) is 17.6 Å². The van der Waals surface area contributed by atoms with Crippen LogP contribution < -0.4 is 10.1 Å². The lowest BCUT2D eigenvalue weighted by molar-refractivity contribution is -0.121. The third kappa shape index (κ3) is 4.11. The summed E-state index contributed by atoms with van der Waals surface area (Å²) in [4.78, 5) is 13.3. The number of hydrogen-bond donors (Lipinski definition) is 1. The zero-order valence-electron chi connectivity index (χ0n) is 15.7. The highest BCUT2D eigenvalue weighted by molar-refractivity contribution is 6.35. The van der Waals surface area contributed by atoms with Gasteiger partial charge >= 0.3 is 0 Å². The Labute approximate surface area is 175 Å². The van der Waals surface area contributed by atoms with Crippen LogP contribution >= 0.6 is 23.2 Å². The van der Waals surface area contributed by atoms with Crippen molar-refractivity contribution in [2.24, 2.45) is 0 Å². The summed E-state index contributed by atoms with van der Waals surface area (Å²) in [6, 6.07) is 12.6. The van der Waals surface area contributed by atoms with Crippen LogP contribution in [0.4, 0.5) is 5.69 Å². The summed E-state index contributed by atoms with van der Waals surface area (Å²) < 4.78 is 5.59. The number of hydrogen-bond acceptors (Lipinski definition) is 3. The Balaban J connectivity index is 1.89. The van der Waals surface area contributed by atoms with Crippen molar-refractivity contribution in [3.8, 4) is 11.8 Å². The third-order valence-corrected chi connectivity index (χ3v) is 5.71. The van der Waals surface area contributed by atoms with Crippen molar-refractivity contribution in [2.75, 3.05) is 11.9 Å². The molecule has 1 fully saturated rings. The molecule has 0 aliphatic heterocycles. The standard InChI is InChI=1S/C22H22Cl2N2O2/c1-2-11-28-20-8-6-17(12-15(20)14-25)26-21(27)22(9-3-4-10-22)18-7-5-16(23)13-19(18)24/h5-8,12-13H,2-4,9-11H2,1H3,(H,26,27). The molecule has 0 spiro atoms. The third-order valence-electron chi connectivity index (χ3n) is 5.16. The highest BCUT2D eigenvalue weighted by Gasteiger charge is 2.44. The SMILES string of the molecule is CCCOc1ccc(NC(=O)C2(c3ccc(Cl)cc3Cl)CCCC2)cc1C#N. The van der Waals surface area contributed by atoms with E-state index in [0.29, 0.717) is 33.7 Å². The summed E-state index contributed by atoms with van der Waals surface area (Å²) in [5.41, 5.74) is 1.08. The number of nitrogens with one attached hydrogen (secondary N) is 1. The lowest BCUT2D eigenvalue weighted by atomic mass is 9.78. The average molecular weight is 417 g/mol. The average Bonchev–Trinajstić information content (AvgIpc) is 3.17. The molecular weight excluding hydrogens is 395 g/mol. The van der Waals surface area contributed by atoms with Gasteiger partial charge in [0.15, 0.2) is 0 Å². The first kappa shape index (κ1) is 20.5. The Morgan fingerprint density at radius 2 is 1.96 bits per heavy atom. The Hall–Kier alpha value is -2.22. The number of ether oxygens (including phenoxy) is 1. The monoisotopic (exact) mass is 416 g/mol. The van der Waals surface area contributed by atoms with Crippen LogP contribution in [-0.2, 0) is 10.2 Å². The smallest absolute Gasteiger partial charge is 0.235 e. The Morgan fingerprint density at radius 3 is 2.61 bits per heavy atom. The normalized spacial score (nSPS) is 15.1. The van der Waals surface area contributed by atoms with Gasteiger partial charge in [-0.25, -0.2) is 0 Å². The first-order chi connectivity index (χ1) is 13.5. The Morgan fingerprint density at radius 1 is 1.21 bits per heavy atom. The summed E-state index contributed by atoms with van der Waals surface area (Å²) in [5.74, 6) is 0.416. The van der Waals surface area contributed by atoms with Crippen molar-refractivity contribution >= 4 is 34.8 Å². The molecule has 28 heavy (non-hydrogen) atoms. The molecule has 2 aromatic rings. The van der Waals surface area contributed by atoms with Gasteiger partial charge in [-0.3, -0.25) is 4.79 Å². The van der Waals surface area contributed by atoms with E-state index in [1.807, 2.05) is 13.0 Å². The number of rotatable bonds is 6. The summed E-state index contributed by atoms with van der Waals surface area (Å²) in [6.07, 6.45) is 4.22. The van der Waals surface area contributed by atoms with Crippen molar-refractivity contribution in [1.29, 1.82) is 5.26 Å². The van der Waals surface area contributed by atoms with Gasteiger partial charge < -0.3 is 10.1 Å². The Bertz CT molecular complexity index is 915. The number of nitriles is 1. The van der Waals surface area contributed by atoms with Gasteiger partial charge in [-0.05, 0) is 55.2 Å². The summed E-state index contributed by atoms with van der Waals surface area (Å²) in [6.45, 7) is 2.54. The van der Waals surface area contributed by atoms with E-state index in [1.54, 1.807) is 30.3 Å². The number of benzene rings is 2. The van der Waals surface area contributed by atoms with Gasteiger partial charge in [-0.15, -0.1) is 0 Å². The van der Waals surface area contributed by atoms with Crippen LogP contribution in [0.1, 0.15) is 50.2 Å². The molecule has 3 rings (SSSR count). The summed E-state index contributed by atoms with van der Waals surface area (Å²) >= 11 is 12.5. The predicted octanol–water partition coefficient (Wildman–Crippen LogP) is 6.10. The maximum Gasteiger partial charge on any atom is 0.235 e. The number of amides is 1. The van der Waals surface area contributed by atoms with Crippen LogP contribution in [-0.4, -0.2) is 12.5 Å². The Kier molecular flexibility index (Phi) is 6.49. The number of halogens is 2. The van der Waals surface area contributed by atoms with Crippen LogP contribution in [0.25, 0.3) is 0 Å². The molecule has 0 heterocycles. The van der Waals surface area contributed by atoms with Gasteiger partial charge in [0.2, 0.25) is 5.91 Å². The van der Waals surface area contributed by atoms with E-state index in [0.717, 1.165) is 37.7 Å². The minimum Gasteiger partial charge on any atom is -0.492 e. The van der Waals surface area contributed by atoms with Crippen molar-refractivity contribution in [1.82, 2.24) is 0 Å². The van der Waals surface area contributed by atoms with Crippen LogP contribution in [0, 0.1) is 11.3 Å². The van der Waals surface area contributed by atoms with Gasteiger partial charge in [0.1, 0.15) is 11.8 Å². The molecule has 0 unspecified atom stereocenters. The van der Waals surface area contributed by atoms with Crippen LogP contribution in [0.15, 0.2) is 36.4 Å². The lowest BCUT2D eigenvalue weighted by Crippen LogP contribution is -2.38. The number of anilines is 1. The largest absolute Gasteiger partial charge is 0.492 e. The molecule has 0 radical (unpaired) electrons. The van der Waals surface area contributed by atoms with E-state index in [-0.39, 0.29) is 5.91 Å². The van der Waals surface area contributed by atoms with Crippen LogP contribution in [0.3, 0.4) is 0 Å². The number of nitrogens with zero attached hydrogens (tertiary/aromatic N) is 1. The second-order valence-electron chi connectivity index (χ2n) is 7.04. The highest BCUT2D eigenvalue weighted by atomic mass is 35.5. The fourth-order valence-corrected chi connectivity index (χ4v) is 4.35. The molecule has 1 N–H and O–H groups in total. The molecule has 2 aromatic carbocycles. The van der Waals surface area contributed by atoms with E-state index in [9.17, 15) is 10.1 Å². The molecule has 0 bridgehead atoms. The second kappa shape index (κ2) is 8.86. The zero-order valence-corrected chi connectivity index (χ0v) is 17.2. The molecule has 0 saturated heterocycles. The van der Waals surface area contributed by atoms with E-state index in [1.165, 1.54) is 0 Å². The molecule has 4 nitrogen and oxygen atoms in total. The van der Waals surface area contributed by atoms with Crippen LogP contribution in [0.2, 0.25) is 10.0 Å².